The van der Waals surface area contributed by atoms with E-state index in [9.17, 15) is 4.79 Å². The minimum absolute atomic E-state index is 0.0220. The molecule has 0 saturated carbocycles. The molecule has 0 spiro atoms. The molecule has 1 amide bonds. The van der Waals surface area contributed by atoms with E-state index in [1.54, 1.807) is 0 Å². The molecule has 146 valence electrons. The fourth-order valence-electron chi connectivity index (χ4n) is 3.36. The normalized spacial score (nSPS) is 15.7. The third-order valence-corrected chi connectivity index (χ3v) is 5.12. The zero-order chi connectivity index (χ0) is 19.2. The van der Waals surface area contributed by atoms with Crippen LogP contribution >= 0.6 is 0 Å². The number of nitrogens with one attached hydrogen (secondary N) is 1. The van der Waals surface area contributed by atoms with Crippen molar-refractivity contribution in [3.63, 3.8) is 0 Å². The summed E-state index contributed by atoms with van der Waals surface area (Å²) in [7, 11) is 0. The lowest BCUT2D eigenvalue weighted by molar-refractivity contribution is 0.0934. The average Bonchev–Trinajstić information content (AvgIpc) is 2.99. The molecule has 0 bridgehead atoms. The summed E-state index contributed by atoms with van der Waals surface area (Å²) in [6.07, 6.45) is 2.14. The summed E-state index contributed by atoms with van der Waals surface area (Å²) < 4.78 is 11.1. The smallest absolute Gasteiger partial charge is 0.251 e. The lowest BCUT2D eigenvalue weighted by Crippen LogP contribution is -2.38. The Morgan fingerprint density at radius 3 is 2.56 bits per heavy atom. The number of aryl methyl sites for hydroxylation is 2. The van der Waals surface area contributed by atoms with Gasteiger partial charge in [-0.25, -0.2) is 4.98 Å². The fourth-order valence-corrected chi connectivity index (χ4v) is 3.36. The molecular formula is C21H29N3O3. The Morgan fingerprint density at radius 1 is 1.26 bits per heavy atom. The molecule has 2 heterocycles. The second kappa shape index (κ2) is 9.04. The van der Waals surface area contributed by atoms with Crippen LogP contribution in [0.2, 0.25) is 0 Å². The molecule has 3 rings (SSSR count). The number of hydrogen-bond acceptors (Lipinski definition) is 5. The maximum Gasteiger partial charge on any atom is 0.251 e. The van der Waals surface area contributed by atoms with Gasteiger partial charge in [0, 0.05) is 12.1 Å². The molecule has 0 unspecified atom stereocenters. The van der Waals surface area contributed by atoms with Gasteiger partial charge in [-0.2, -0.15) is 0 Å². The highest BCUT2D eigenvalue weighted by Gasteiger charge is 2.21. The van der Waals surface area contributed by atoms with Gasteiger partial charge < -0.3 is 14.5 Å². The summed E-state index contributed by atoms with van der Waals surface area (Å²) in [4.78, 5) is 19.1. The van der Waals surface area contributed by atoms with Gasteiger partial charge in [-0.15, -0.1) is 0 Å². The molecule has 0 aliphatic carbocycles. The Bertz CT molecular complexity index is 727. The summed E-state index contributed by atoms with van der Waals surface area (Å²) in [5.41, 5.74) is 1.64. The number of hydrogen-bond donors (Lipinski definition) is 1. The number of ether oxygens (including phenoxy) is 1. The van der Waals surface area contributed by atoms with Gasteiger partial charge in [0.05, 0.1) is 18.8 Å². The molecule has 1 fully saturated rings. The Balaban J connectivity index is 1.40. The number of likely N-dealkylation sites (tertiary alicyclic amines) is 1. The highest BCUT2D eigenvalue weighted by atomic mass is 16.5. The molecule has 1 saturated heterocycles. The van der Waals surface area contributed by atoms with E-state index in [2.05, 4.69) is 15.2 Å². The van der Waals surface area contributed by atoms with Gasteiger partial charge in [-0.05, 0) is 76.9 Å². The van der Waals surface area contributed by atoms with Gasteiger partial charge in [-0.3, -0.25) is 9.69 Å². The third kappa shape index (κ3) is 5.32. The molecule has 6 heteroatoms. The van der Waals surface area contributed by atoms with E-state index in [1.807, 2.05) is 45.0 Å². The number of rotatable bonds is 7. The maximum absolute atomic E-state index is 12.3. The number of nitrogens with zero attached hydrogens (tertiary/aromatic N) is 2. The molecule has 27 heavy (non-hydrogen) atoms. The van der Waals surface area contributed by atoms with Crippen molar-refractivity contribution in [3.8, 4) is 5.75 Å². The number of piperidine rings is 1. The van der Waals surface area contributed by atoms with Crippen molar-refractivity contribution in [1.82, 2.24) is 15.2 Å². The molecule has 2 aromatic rings. The van der Waals surface area contributed by atoms with E-state index in [0.29, 0.717) is 18.1 Å². The Hall–Kier alpha value is -2.34. The monoisotopic (exact) mass is 371 g/mol. The van der Waals surface area contributed by atoms with Gasteiger partial charge in [-0.1, -0.05) is 0 Å². The SMILES string of the molecule is CCOc1ccc(C(=O)NCC2CCN(Cc3nc(C)c(C)o3)CC2)cc1. The predicted molar refractivity (Wildman–Crippen MR) is 104 cm³/mol. The van der Waals surface area contributed by atoms with E-state index in [1.165, 1.54) is 0 Å². The highest BCUT2D eigenvalue weighted by Crippen LogP contribution is 2.19. The van der Waals surface area contributed by atoms with Crippen LogP contribution in [0.25, 0.3) is 0 Å². The maximum atomic E-state index is 12.3. The minimum Gasteiger partial charge on any atom is -0.494 e. The first kappa shape index (κ1) is 19.4. The summed E-state index contributed by atoms with van der Waals surface area (Å²) in [5, 5.41) is 3.07. The van der Waals surface area contributed by atoms with E-state index in [-0.39, 0.29) is 5.91 Å². The van der Waals surface area contributed by atoms with Crippen LogP contribution in [0.15, 0.2) is 28.7 Å². The second-order valence-corrected chi connectivity index (χ2v) is 7.14. The van der Waals surface area contributed by atoms with Crippen LogP contribution in [-0.4, -0.2) is 42.0 Å². The quantitative estimate of drug-likeness (QED) is 0.809. The van der Waals surface area contributed by atoms with Crippen molar-refractivity contribution in [2.45, 2.75) is 40.2 Å². The minimum atomic E-state index is -0.0220. The molecule has 6 nitrogen and oxygen atoms in total. The second-order valence-electron chi connectivity index (χ2n) is 7.14. The van der Waals surface area contributed by atoms with Crippen molar-refractivity contribution >= 4 is 5.91 Å². The van der Waals surface area contributed by atoms with Gasteiger partial charge in [0.25, 0.3) is 5.91 Å². The van der Waals surface area contributed by atoms with Crippen LogP contribution in [0, 0.1) is 19.8 Å². The standard InChI is InChI=1S/C21H29N3O3/c1-4-26-19-7-5-18(6-8-19)21(25)22-13-17-9-11-24(12-10-17)14-20-23-15(2)16(3)27-20/h5-8,17H,4,9-14H2,1-3H3,(H,22,25). The Morgan fingerprint density at radius 2 is 1.96 bits per heavy atom. The van der Waals surface area contributed by atoms with Gasteiger partial charge in [0.1, 0.15) is 11.5 Å². The highest BCUT2D eigenvalue weighted by molar-refractivity contribution is 5.94. The lowest BCUT2D eigenvalue weighted by atomic mass is 9.96. The van der Waals surface area contributed by atoms with Gasteiger partial charge in [0.2, 0.25) is 5.89 Å². The third-order valence-electron chi connectivity index (χ3n) is 5.12. The molecule has 1 N–H and O–H groups in total. The first-order valence-electron chi connectivity index (χ1n) is 9.71. The van der Waals surface area contributed by atoms with Crippen molar-refractivity contribution in [2.24, 2.45) is 5.92 Å². The zero-order valence-electron chi connectivity index (χ0n) is 16.5. The topological polar surface area (TPSA) is 67.6 Å². The number of benzene rings is 1. The van der Waals surface area contributed by atoms with Crippen molar-refractivity contribution in [3.05, 3.63) is 47.2 Å². The van der Waals surface area contributed by atoms with E-state index in [0.717, 1.165) is 62.1 Å². The first-order valence-corrected chi connectivity index (χ1v) is 9.71. The molecule has 1 aliphatic heterocycles. The Kier molecular flexibility index (Phi) is 6.50. The van der Waals surface area contributed by atoms with Crippen LogP contribution in [0.4, 0.5) is 0 Å². The van der Waals surface area contributed by atoms with Crippen molar-refractivity contribution < 1.29 is 13.9 Å². The number of carbonyl (C=O) groups is 1. The van der Waals surface area contributed by atoms with E-state index < -0.39 is 0 Å². The van der Waals surface area contributed by atoms with Crippen LogP contribution in [0.3, 0.4) is 0 Å². The summed E-state index contributed by atoms with van der Waals surface area (Å²) >= 11 is 0. The van der Waals surface area contributed by atoms with Crippen LogP contribution in [0.5, 0.6) is 5.75 Å². The predicted octanol–water partition coefficient (Wildman–Crippen LogP) is 3.33. The lowest BCUT2D eigenvalue weighted by Gasteiger charge is -2.31. The number of carbonyl (C=O) groups excluding carboxylic acids is 1. The fraction of sp³-hybridized carbons (Fsp3) is 0.524. The summed E-state index contributed by atoms with van der Waals surface area (Å²) in [6.45, 7) is 9.98. The molecule has 1 aromatic carbocycles. The van der Waals surface area contributed by atoms with Crippen molar-refractivity contribution in [1.29, 1.82) is 0 Å². The van der Waals surface area contributed by atoms with E-state index in [4.69, 9.17) is 9.15 Å². The van der Waals surface area contributed by atoms with E-state index >= 15 is 0 Å². The van der Waals surface area contributed by atoms with Crippen molar-refractivity contribution in [2.75, 3.05) is 26.2 Å². The number of aromatic nitrogens is 1. The van der Waals surface area contributed by atoms with Gasteiger partial charge in [0.15, 0.2) is 0 Å². The molecule has 1 aromatic heterocycles. The van der Waals surface area contributed by atoms with Crippen LogP contribution in [-0.2, 0) is 6.54 Å². The molecule has 0 radical (unpaired) electrons. The van der Waals surface area contributed by atoms with Crippen LogP contribution < -0.4 is 10.1 Å². The summed E-state index contributed by atoms with van der Waals surface area (Å²) in [5.74, 6) is 2.98. The first-order chi connectivity index (χ1) is 13.0. The Labute approximate surface area is 160 Å². The zero-order valence-corrected chi connectivity index (χ0v) is 16.5. The summed E-state index contributed by atoms with van der Waals surface area (Å²) in [6, 6.07) is 7.29. The number of oxazole rings is 1. The molecular weight excluding hydrogens is 342 g/mol. The molecule has 0 atom stereocenters. The van der Waals surface area contributed by atoms with Crippen LogP contribution in [0.1, 0.15) is 47.5 Å². The largest absolute Gasteiger partial charge is 0.494 e. The van der Waals surface area contributed by atoms with Gasteiger partial charge >= 0.3 is 0 Å². The average molecular weight is 371 g/mol. The number of amides is 1. The molecule has 1 aliphatic rings.